The zero-order chi connectivity index (χ0) is 29.4. The highest BCUT2D eigenvalue weighted by atomic mass is 16.7. The maximum absolute atomic E-state index is 12.2. The number of aromatic amines is 1. The van der Waals surface area contributed by atoms with Gasteiger partial charge >= 0.3 is 0 Å². The smallest absolute Gasteiger partial charge is 0.238 e. The van der Waals surface area contributed by atoms with Gasteiger partial charge < -0.3 is 50.5 Å². The predicted octanol–water partition coefficient (Wildman–Crippen LogP) is -1.54. The van der Waals surface area contributed by atoms with Gasteiger partial charge in [0.05, 0.1) is 26.4 Å². The third-order valence-corrected chi connectivity index (χ3v) is 7.10. The molecule has 224 valence electrons. The van der Waals surface area contributed by atoms with E-state index in [4.69, 9.17) is 9.47 Å². The van der Waals surface area contributed by atoms with Crippen LogP contribution in [0.2, 0.25) is 0 Å². The molecule has 1 aromatic heterocycles. The van der Waals surface area contributed by atoms with E-state index in [1.807, 2.05) is 38.1 Å². The number of aromatic nitrogens is 2. The summed E-state index contributed by atoms with van der Waals surface area (Å²) in [5.41, 5.74) is 2.06. The Labute approximate surface area is 232 Å². The van der Waals surface area contributed by atoms with Crippen LogP contribution >= 0.6 is 0 Å². The van der Waals surface area contributed by atoms with Crippen LogP contribution in [0.4, 0.5) is 0 Å². The summed E-state index contributed by atoms with van der Waals surface area (Å²) in [4.78, 5) is 12.2. The average molecular weight is 568 g/mol. The average Bonchev–Trinajstić information content (AvgIpc) is 3.35. The minimum absolute atomic E-state index is 0.0707. The zero-order valence-corrected chi connectivity index (χ0v) is 22.7. The summed E-state index contributed by atoms with van der Waals surface area (Å²) in [7, 11) is 0. The fourth-order valence-electron chi connectivity index (χ4n) is 4.49. The number of aliphatic hydroxyl groups is 7. The van der Waals surface area contributed by atoms with E-state index in [0.29, 0.717) is 19.3 Å². The molecule has 0 unspecified atom stereocenters. The maximum Gasteiger partial charge on any atom is 0.238 e. The van der Waals surface area contributed by atoms with Crippen LogP contribution < -0.4 is 10.1 Å². The molecule has 0 aliphatic carbocycles. The molecule has 13 heteroatoms. The van der Waals surface area contributed by atoms with Crippen molar-refractivity contribution in [2.75, 3.05) is 26.4 Å². The van der Waals surface area contributed by atoms with E-state index in [9.17, 15) is 40.5 Å². The molecule has 5 atom stereocenters. The first-order valence-corrected chi connectivity index (χ1v) is 13.3. The van der Waals surface area contributed by atoms with Gasteiger partial charge in [-0.3, -0.25) is 9.89 Å². The summed E-state index contributed by atoms with van der Waals surface area (Å²) in [6.45, 7) is 1.69. The zero-order valence-electron chi connectivity index (χ0n) is 22.7. The van der Waals surface area contributed by atoms with Crippen molar-refractivity contribution in [2.24, 2.45) is 0 Å². The van der Waals surface area contributed by atoms with Crippen LogP contribution in [0, 0.1) is 0 Å². The Morgan fingerprint density at radius 2 is 1.65 bits per heavy atom. The minimum atomic E-state index is -1.57. The van der Waals surface area contributed by atoms with Crippen LogP contribution in [0.25, 0.3) is 0 Å². The SMILES string of the molecule is CC(C)c1[nH]nc(O[C@@H]2O[C@H](CO)[C@@H](O)[C@H](O)[C@H]2O)c1Cc1ccc(CCCC(=O)NC(CO)(CO)CO)cc1. The lowest BCUT2D eigenvalue weighted by atomic mass is 9.97. The number of aliphatic hydroxyl groups excluding tert-OH is 7. The lowest BCUT2D eigenvalue weighted by molar-refractivity contribution is -0.278. The van der Waals surface area contributed by atoms with Gasteiger partial charge in [-0.25, -0.2) is 0 Å². The molecule has 13 nitrogen and oxygen atoms in total. The monoisotopic (exact) mass is 567 g/mol. The topological polar surface area (TPSA) is 218 Å². The number of amides is 1. The van der Waals surface area contributed by atoms with E-state index in [2.05, 4.69) is 15.5 Å². The molecule has 0 bridgehead atoms. The van der Waals surface area contributed by atoms with Crippen molar-refractivity contribution >= 4 is 5.91 Å². The Hall–Kier alpha value is -2.62. The second-order valence-electron chi connectivity index (χ2n) is 10.5. The molecule has 0 saturated carbocycles. The highest BCUT2D eigenvalue weighted by Gasteiger charge is 2.45. The first-order chi connectivity index (χ1) is 19.1. The Balaban J connectivity index is 1.64. The number of hydrogen-bond acceptors (Lipinski definition) is 11. The van der Waals surface area contributed by atoms with E-state index < -0.39 is 62.7 Å². The molecule has 3 rings (SSSR count). The summed E-state index contributed by atoms with van der Waals surface area (Å²) < 4.78 is 11.3. The Morgan fingerprint density at radius 1 is 1.02 bits per heavy atom. The van der Waals surface area contributed by atoms with Crippen molar-refractivity contribution < 1.29 is 50.0 Å². The first kappa shape index (κ1) is 31.9. The van der Waals surface area contributed by atoms with Crippen LogP contribution in [0.15, 0.2) is 24.3 Å². The van der Waals surface area contributed by atoms with Crippen molar-refractivity contribution in [1.82, 2.24) is 15.5 Å². The molecule has 2 heterocycles. The number of carbonyl (C=O) groups is 1. The van der Waals surface area contributed by atoms with Gasteiger partial charge in [-0.2, -0.15) is 0 Å². The molecule has 0 radical (unpaired) electrons. The predicted molar refractivity (Wildman–Crippen MR) is 141 cm³/mol. The van der Waals surface area contributed by atoms with Crippen LogP contribution in [-0.4, -0.2) is 115 Å². The third kappa shape index (κ3) is 7.56. The Morgan fingerprint density at radius 3 is 2.23 bits per heavy atom. The quantitative estimate of drug-likeness (QED) is 0.127. The summed E-state index contributed by atoms with van der Waals surface area (Å²) >= 11 is 0. The summed E-state index contributed by atoms with van der Waals surface area (Å²) in [5.74, 6) is -0.129. The minimum Gasteiger partial charge on any atom is -0.443 e. The number of benzene rings is 1. The molecule has 1 fully saturated rings. The van der Waals surface area contributed by atoms with Crippen LogP contribution in [0.3, 0.4) is 0 Å². The van der Waals surface area contributed by atoms with E-state index in [0.717, 1.165) is 22.4 Å². The number of nitrogens with one attached hydrogen (secondary N) is 2. The standard InChI is InChI=1S/C27H41N3O10/c1-15(2)21-18(25(30-29-21)40-26-24(38)23(37)22(36)19(11-31)39-26)10-17-8-6-16(7-9-17)4-3-5-20(35)28-27(12-32,13-33)14-34/h6-9,15,19,22-24,26,31-34,36-38H,3-5,10-14H2,1-2H3,(H,28,35)(H,29,30)/t19-,22-,23+,24-,26+/m1/s1. The lowest BCUT2D eigenvalue weighted by Crippen LogP contribution is -2.60. The molecule has 2 aromatic rings. The van der Waals surface area contributed by atoms with Crippen molar-refractivity contribution in [3.63, 3.8) is 0 Å². The van der Waals surface area contributed by atoms with E-state index in [1.54, 1.807) is 0 Å². The molecular formula is C27H41N3O10. The van der Waals surface area contributed by atoms with Crippen molar-refractivity contribution in [3.8, 4) is 5.88 Å². The first-order valence-electron chi connectivity index (χ1n) is 13.3. The molecule has 40 heavy (non-hydrogen) atoms. The van der Waals surface area contributed by atoms with Crippen LogP contribution in [0.1, 0.15) is 55.0 Å². The largest absolute Gasteiger partial charge is 0.443 e. The highest BCUT2D eigenvalue weighted by molar-refractivity contribution is 5.76. The molecular weight excluding hydrogens is 526 g/mol. The molecule has 1 aliphatic heterocycles. The van der Waals surface area contributed by atoms with Crippen LogP contribution in [-0.2, 0) is 22.4 Å². The summed E-state index contributed by atoms with van der Waals surface area (Å²) in [6, 6.07) is 7.77. The Kier molecular flexibility index (Phi) is 11.4. The van der Waals surface area contributed by atoms with E-state index >= 15 is 0 Å². The molecule has 9 N–H and O–H groups in total. The van der Waals surface area contributed by atoms with E-state index in [-0.39, 0.29) is 24.1 Å². The number of nitrogens with zero attached hydrogens (tertiary/aromatic N) is 1. The second-order valence-corrected chi connectivity index (χ2v) is 10.5. The fourth-order valence-corrected chi connectivity index (χ4v) is 4.49. The number of carbonyl (C=O) groups excluding carboxylic acids is 1. The van der Waals surface area contributed by atoms with Gasteiger partial charge in [0.1, 0.15) is 30.0 Å². The summed E-state index contributed by atoms with van der Waals surface area (Å²) in [6.07, 6.45) is -5.33. The Bertz CT molecular complexity index is 1060. The number of aryl methyl sites for hydroxylation is 1. The molecule has 1 aliphatic rings. The number of ether oxygens (including phenoxy) is 2. The number of hydrogen-bond donors (Lipinski definition) is 9. The maximum atomic E-state index is 12.2. The molecule has 1 aromatic carbocycles. The second kappa shape index (κ2) is 14.3. The van der Waals surface area contributed by atoms with Gasteiger partial charge in [0.15, 0.2) is 0 Å². The molecule has 1 amide bonds. The van der Waals surface area contributed by atoms with Gasteiger partial charge in [-0.15, -0.1) is 5.10 Å². The van der Waals surface area contributed by atoms with Crippen LogP contribution in [0.5, 0.6) is 5.88 Å². The van der Waals surface area contributed by atoms with Gasteiger partial charge in [-0.05, 0) is 29.9 Å². The normalized spacial score (nSPS) is 23.4. The van der Waals surface area contributed by atoms with Gasteiger partial charge in [-0.1, -0.05) is 38.1 Å². The number of H-pyrrole nitrogens is 1. The highest BCUT2D eigenvalue weighted by Crippen LogP contribution is 2.31. The van der Waals surface area contributed by atoms with Gasteiger partial charge in [0.25, 0.3) is 0 Å². The number of rotatable bonds is 14. The molecule has 1 saturated heterocycles. The fraction of sp³-hybridized carbons (Fsp3) is 0.630. The van der Waals surface area contributed by atoms with Gasteiger partial charge in [0, 0.05) is 24.1 Å². The third-order valence-electron chi connectivity index (χ3n) is 7.10. The van der Waals surface area contributed by atoms with Gasteiger partial charge in [0.2, 0.25) is 18.1 Å². The molecule has 0 spiro atoms. The van der Waals surface area contributed by atoms with Crippen molar-refractivity contribution in [2.45, 2.75) is 81.7 Å². The van der Waals surface area contributed by atoms with E-state index in [1.165, 1.54) is 0 Å². The lowest BCUT2D eigenvalue weighted by Gasteiger charge is -2.39. The van der Waals surface area contributed by atoms with Crippen molar-refractivity contribution in [3.05, 3.63) is 46.6 Å². The van der Waals surface area contributed by atoms with Crippen molar-refractivity contribution in [1.29, 1.82) is 0 Å². The summed E-state index contributed by atoms with van der Waals surface area (Å²) in [5, 5.41) is 77.7.